The summed E-state index contributed by atoms with van der Waals surface area (Å²) >= 11 is 1.41. The van der Waals surface area contributed by atoms with Crippen LogP contribution in [0.2, 0.25) is 0 Å². The van der Waals surface area contributed by atoms with Crippen LogP contribution in [-0.4, -0.2) is 263 Å². The van der Waals surface area contributed by atoms with Gasteiger partial charge in [-0.1, -0.05) is 109 Å². The van der Waals surface area contributed by atoms with Gasteiger partial charge < -0.3 is 65.6 Å². The predicted octanol–water partition coefficient (Wildman–Crippen LogP) is 3.93. The Kier molecular flexibility index (Phi) is 35.8. The molecule has 0 aromatic heterocycles. The zero-order valence-electron chi connectivity index (χ0n) is 60.9. The summed E-state index contributed by atoms with van der Waals surface area (Å²) < 4.78 is 0. The van der Waals surface area contributed by atoms with Gasteiger partial charge in [-0.05, 0) is 115 Å². The first kappa shape index (κ1) is 84.2. The van der Waals surface area contributed by atoms with Crippen LogP contribution in [0.1, 0.15) is 156 Å². The van der Waals surface area contributed by atoms with Gasteiger partial charge in [-0.2, -0.15) is 11.8 Å². The Morgan fingerprint density at radius 3 is 1.32 bits per heavy atom. The Bertz CT molecular complexity index is 2490. The number of amides is 11. The highest BCUT2D eigenvalue weighted by atomic mass is 32.2. The highest BCUT2D eigenvalue weighted by Gasteiger charge is 2.46. The number of aliphatic hydroxyl groups excluding tert-OH is 1. The van der Waals surface area contributed by atoms with Crippen molar-refractivity contribution in [1.29, 1.82) is 0 Å². The van der Waals surface area contributed by atoms with E-state index in [9.17, 15) is 29.1 Å². The van der Waals surface area contributed by atoms with Crippen molar-refractivity contribution >= 4 is 76.7 Å². The first-order valence-corrected chi connectivity index (χ1v) is 34.3. The molecule has 25 heteroatoms. The number of rotatable bonds is 20. The molecule has 0 aromatic carbocycles. The number of carbonyl (C=O) groups excluding carboxylic acids is 11. The molecule has 0 unspecified atom stereocenters. The van der Waals surface area contributed by atoms with Gasteiger partial charge in [0.25, 0.3) is 0 Å². The summed E-state index contributed by atoms with van der Waals surface area (Å²) in [5.74, 6) is -9.09. The van der Waals surface area contributed by atoms with Crippen LogP contribution >= 0.6 is 11.8 Å². The normalized spacial score (nSPS) is 26.7. The van der Waals surface area contributed by atoms with Crippen LogP contribution in [0, 0.1) is 41.4 Å². The molecule has 24 nitrogen and oxygen atoms in total. The van der Waals surface area contributed by atoms with Crippen LogP contribution in [0.15, 0.2) is 12.2 Å². The lowest BCUT2D eigenvalue weighted by atomic mass is 9.91. The summed E-state index contributed by atoms with van der Waals surface area (Å²) in [5, 5.41) is 23.5. The van der Waals surface area contributed by atoms with Gasteiger partial charge in [0.1, 0.15) is 66.5 Å². The fourth-order valence-electron chi connectivity index (χ4n) is 11.4. The van der Waals surface area contributed by atoms with E-state index >= 15 is 28.8 Å². The van der Waals surface area contributed by atoms with Gasteiger partial charge in [0, 0.05) is 67.4 Å². The Morgan fingerprint density at radius 1 is 0.467 bits per heavy atom. The minimum Gasteiger partial charge on any atom is -0.390 e. The number of hydrogen-bond donors (Lipinski definition) is 5. The van der Waals surface area contributed by atoms with Gasteiger partial charge >= 0.3 is 0 Å². The number of carbonyl (C=O) groups is 11. The molecule has 0 bridgehead atoms. The van der Waals surface area contributed by atoms with Crippen LogP contribution in [0.3, 0.4) is 0 Å². The molecule has 5 N–H and O–H groups in total. The highest BCUT2D eigenvalue weighted by molar-refractivity contribution is 7.99. The fraction of sp³-hybridized carbons (Fsp3) is 0.806. The maximum Gasteiger partial charge on any atom is 0.246 e. The first-order valence-electron chi connectivity index (χ1n) is 33.1. The topological polar surface area (TPSA) is 282 Å². The van der Waals surface area contributed by atoms with Crippen LogP contribution in [0.25, 0.3) is 0 Å². The largest absolute Gasteiger partial charge is 0.390 e. The van der Waals surface area contributed by atoms with E-state index in [0.717, 1.165) is 4.90 Å². The summed E-state index contributed by atoms with van der Waals surface area (Å²) in [6, 6.07) is -13.7. The SMILES string of the molecule is C/C=C/C[C@@H](C)[C@@H](O)[C@H]1C(=O)N[C@@H](CC)C(=O)N(C)[C@H](CSCCN(C)C)C(=O)N(C)[C@@H](CC(C)C)C(=O)N[C@@H](C(C)C)C(=O)N(C)[C@@H](CC(C)C)C(=O)N[C@@H](C)C(=O)N[C@H](C)C(=O)N(C)[C@@H](CC(C)C)C(=O)N(C)[C@@H](CC(C)C)C(=O)N(C)[C@@H](C(C)C)C(=O)N1C. The standard InChI is InChI=1S/C67H122N12O12S/c1-27-29-30-44(15)56(80)55-60(84)70-47(28-2)62(86)77(24)52(37-92-32-31-72(18)19)65(89)73(20)49(34-39(5)6)59(83)71-53(42(11)12)66(90)74(21)48(33-38(3)4)58(82)68-45(16)57(81)69-46(17)61(85)75(22)50(35-40(7)8)63(87)76(23)51(36-41(9)10)64(88)78(25)54(43(13)14)67(91)79(55)26/h27,29,38-56,80H,28,30-37H2,1-26H3,(H,68,82)(H,69,81)(H,70,84)(H,71,83)/b29-27+/t44-,45+,46-,47+,48+,49+,50+,51+,52-,53+,54+,55+,56-/m1/s1. The molecule has 0 saturated carbocycles. The van der Waals surface area contributed by atoms with Crippen molar-refractivity contribution in [3.05, 3.63) is 12.2 Å². The van der Waals surface area contributed by atoms with Crippen LogP contribution in [0.4, 0.5) is 0 Å². The van der Waals surface area contributed by atoms with Crippen molar-refractivity contribution in [1.82, 2.24) is 60.5 Å². The molecule has 0 aliphatic carbocycles. The lowest BCUT2D eigenvalue weighted by Crippen LogP contribution is -2.64. The minimum absolute atomic E-state index is 0.00947. The molecule has 1 fully saturated rings. The molecular weight excluding hydrogens is 1200 g/mol. The fourth-order valence-corrected chi connectivity index (χ4v) is 12.7. The molecule has 92 heavy (non-hydrogen) atoms. The van der Waals surface area contributed by atoms with E-state index in [1.165, 1.54) is 104 Å². The number of allylic oxidation sites excluding steroid dienone is 2. The molecule has 11 amide bonds. The molecule has 528 valence electrons. The lowest BCUT2D eigenvalue weighted by Gasteiger charge is -2.41. The van der Waals surface area contributed by atoms with Gasteiger partial charge in [-0.3, -0.25) is 52.7 Å². The number of nitrogens with one attached hydrogen (secondary N) is 4. The molecular formula is C67H122N12O12S. The second-order valence-corrected chi connectivity index (χ2v) is 29.3. The van der Waals surface area contributed by atoms with Crippen molar-refractivity contribution in [2.45, 2.75) is 229 Å². The molecule has 0 radical (unpaired) electrons. The van der Waals surface area contributed by atoms with Crippen molar-refractivity contribution in [3.8, 4) is 0 Å². The monoisotopic (exact) mass is 1320 g/mol. The highest BCUT2D eigenvalue weighted by Crippen LogP contribution is 2.26. The zero-order valence-corrected chi connectivity index (χ0v) is 61.7. The van der Waals surface area contributed by atoms with Crippen molar-refractivity contribution in [2.24, 2.45) is 41.4 Å². The van der Waals surface area contributed by atoms with Crippen LogP contribution in [-0.2, 0) is 52.7 Å². The number of hydrogen-bond acceptors (Lipinski definition) is 14. The maximum atomic E-state index is 15.3. The quantitative estimate of drug-likeness (QED) is 0.0854. The third-order valence-electron chi connectivity index (χ3n) is 17.3. The third kappa shape index (κ3) is 24.2. The average Bonchev–Trinajstić information content (AvgIpc) is 0.861. The molecule has 13 atom stereocenters. The van der Waals surface area contributed by atoms with Crippen molar-refractivity contribution in [2.75, 3.05) is 81.5 Å². The molecule has 0 aromatic rings. The first-order chi connectivity index (χ1) is 42.5. The molecule has 1 aliphatic rings. The summed E-state index contributed by atoms with van der Waals surface area (Å²) in [5.41, 5.74) is 0. The van der Waals surface area contributed by atoms with E-state index in [0.29, 0.717) is 18.7 Å². The zero-order chi connectivity index (χ0) is 71.3. The number of aliphatic hydroxyl groups is 1. The molecule has 1 aliphatic heterocycles. The van der Waals surface area contributed by atoms with Gasteiger partial charge in [-0.25, -0.2) is 0 Å². The summed E-state index contributed by atoms with van der Waals surface area (Å²) in [4.78, 5) is 174. The third-order valence-corrected chi connectivity index (χ3v) is 18.4. The van der Waals surface area contributed by atoms with Crippen LogP contribution in [0.5, 0.6) is 0 Å². The summed E-state index contributed by atoms with van der Waals surface area (Å²) in [7, 11) is 13.9. The van der Waals surface area contributed by atoms with E-state index in [1.807, 2.05) is 87.4 Å². The summed E-state index contributed by atoms with van der Waals surface area (Å²) in [6.07, 6.45) is 3.00. The second-order valence-electron chi connectivity index (χ2n) is 28.2. The van der Waals surface area contributed by atoms with E-state index in [4.69, 9.17) is 0 Å². The van der Waals surface area contributed by atoms with Crippen LogP contribution < -0.4 is 21.3 Å². The Morgan fingerprint density at radius 2 is 0.870 bits per heavy atom. The lowest BCUT2D eigenvalue weighted by molar-refractivity contribution is -0.157. The molecule has 1 saturated heterocycles. The molecule has 0 spiro atoms. The van der Waals surface area contributed by atoms with Crippen molar-refractivity contribution < 1.29 is 57.8 Å². The van der Waals surface area contributed by atoms with Gasteiger partial charge in [0.2, 0.25) is 65.0 Å². The summed E-state index contributed by atoms with van der Waals surface area (Å²) in [6.45, 7) is 30.7. The maximum absolute atomic E-state index is 15.3. The van der Waals surface area contributed by atoms with E-state index < -0.39 is 155 Å². The molecule has 1 rings (SSSR count). The Balaban J connectivity index is 4.53. The van der Waals surface area contributed by atoms with E-state index in [1.54, 1.807) is 47.6 Å². The van der Waals surface area contributed by atoms with E-state index in [-0.39, 0.29) is 61.5 Å². The Labute approximate surface area is 556 Å². The van der Waals surface area contributed by atoms with Gasteiger partial charge in [-0.15, -0.1) is 0 Å². The van der Waals surface area contributed by atoms with Gasteiger partial charge in [0.05, 0.1) is 6.10 Å². The Hall–Kier alpha value is -5.82. The van der Waals surface area contributed by atoms with E-state index in [2.05, 4.69) is 21.3 Å². The van der Waals surface area contributed by atoms with Crippen molar-refractivity contribution in [3.63, 3.8) is 0 Å². The minimum atomic E-state index is -1.63. The average molecular weight is 1320 g/mol. The predicted molar refractivity (Wildman–Crippen MR) is 363 cm³/mol. The number of likely N-dealkylation sites (N-methyl/N-ethyl adjacent to an activating group) is 7. The number of nitrogens with zero attached hydrogens (tertiary/aromatic N) is 8. The molecule has 1 heterocycles. The second kappa shape index (κ2) is 39.1. The smallest absolute Gasteiger partial charge is 0.246 e. The van der Waals surface area contributed by atoms with Gasteiger partial charge in [0.15, 0.2) is 0 Å². The number of thioether (sulfide) groups is 1.